The minimum absolute atomic E-state index is 0.317. The van der Waals surface area contributed by atoms with Crippen LogP contribution in [0.4, 0.5) is 0 Å². The smallest absolute Gasteiger partial charge is 0.305 e. The minimum atomic E-state index is -1.05. The molecule has 0 saturated heterocycles. The van der Waals surface area contributed by atoms with Crippen molar-refractivity contribution in [1.29, 1.82) is 0 Å². The molecule has 0 aromatic heterocycles. The van der Waals surface area contributed by atoms with Gasteiger partial charge in [0.05, 0.1) is 12.5 Å². The first kappa shape index (κ1) is 16.9. The Bertz CT molecular complexity index is 244. The molecule has 0 aliphatic heterocycles. The zero-order valence-corrected chi connectivity index (χ0v) is 11.3. The Balaban J connectivity index is 3.37. The van der Waals surface area contributed by atoms with Crippen LogP contribution in [0, 0.1) is 0 Å². The van der Waals surface area contributed by atoms with Gasteiger partial charge in [-0.25, -0.2) is 0 Å². The summed E-state index contributed by atoms with van der Waals surface area (Å²) in [6.45, 7) is 2.77. The Morgan fingerprint density at radius 2 is 1.67 bits per heavy atom. The topological polar surface area (TPSA) is 92.4 Å². The largest absolute Gasteiger partial charge is 0.481 e. The van der Waals surface area contributed by atoms with Gasteiger partial charge in [0, 0.05) is 6.54 Å². The van der Waals surface area contributed by atoms with E-state index in [-0.39, 0.29) is 12.3 Å². The number of amides is 1. The lowest BCUT2D eigenvalue weighted by molar-refractivity contribution is -0.139. The van der Waals surface area contributed by atoms with E-state index >= 15 is 0 Å². The van der Waals surface area contributed by atoms with Gasteiger partial charge >= 0.3 is 5.97 Å². The molecule has 0 aromatic rings. The van der Waals surface area contributed by atoms with Crippen LogP contribution in [0.2, 0.25) is 0 Å². The molecule has 0 fully saturated rings. The molecule has 0 aliphatic rings. The van der Waals surface area contributed by atoms with Crippen LogP contribution in [0.1, 0.15) is 58.3 Å². The molecule has 0 rings (SSSR count). The van der Waals surface area contributed by atoms with E-state index in [1.807, 2.05) is 0 Å². The molecule has 106 valence electrons. The number of carbonyl (C=O) groups excluding carboxylic acids is 1. The molecule has 5 nitrogen and oxygen atoms in total. The standard InChI is InChI=1S/C13H26N2O3/c1-2-3-4-5-6-7-8-9-15-13(18)11(14)10-12(16)17/h11H,2-10,14H2,1H3,(H,15,18)(H,16,17). The maximum absolute atomic E-state index is 11.4. The van der Waals surface area contributed by atoms with E-state index in [9.17, 15) is 9.59 Å². The van der Waals surface area contributed by atoms with Crippen molar-refractivity contribution in [2.75, 3.05) is 6.54 Å². The predicted molar refractivity (Wildman–Crippen MR) is 71.2 cm³/mol. The van der Waals surface area contributed by atoms with Crippen LogP contribution in [-0.2, 0) is 9.59 Å². The zero-order valence-electron chi connectivity index (χ0n) is 11.3. The third kappa shape index (κ3) is 10.1. The number of carboxylic acids is 1. The normalized spacial score (nSPS) is 12.1. The van der Waals surface area contributed by atoms with Crippen LogP contribution in [0.5, 0.6) is 0 Å². The van der Waals surface area contributed by atoms with Crippen molar-refractivity contribution in [2.24, 2.45) is 5.73 Å². The second-order valence-corrected chi connectivity index (χ2v) is 4.62. The number of hydrogen-bond donors (Lipinski definition) is 3. The maximum Gasteiger partial charge on any atom is 0.305 e. The molecule has 18 heavy (non-hydrogen) atoms. The zero-order chi connectivity index (χ0) is 13.8. The SMILES string of the molecule is CCCCCCCCCNC(=O)C(N)CC(=O)O. The van der Waals surface area contributed by atoms with Crippen molar-refractivity contribution in [1.82, 2.24) is 5.32 Å². The Morgan fingerprint density at radius 3 is 2.22 bits per heavy atom. The van der Waals surface area contributed by atoms with E-state index in [1.165, 1.54) is 32.1 Å². The summed E-state index contributed by atoms with van der Waals surface area (Å²) in [7, 11) is 0. The van der Waals surface area contributed by atoms with Gasteiger partial charge in [-0.2, -0.15) is 0 Å². The molecule has 5 heteroatoms. The van der Waals surface area contributed by atoms with Gasteiger partial charge < -0.3 is 16.2 Å². The van der Waals surface area contributed by atoms with E-state index in [0.29, 0.717) is 6.54 Å². The highest BCUT2D eigenvalue weighted by Crippen LogP contribution is 2.06. The van der Waals surface area contributed by atoms with Crippen LogP contribution in [0.25, 0.3) is 0 Å². The number of nitrogens with one attached hydrogen (secondary N) is 1. The van der Waals surface area contributed by atoms with Crippen LogP contribution >= 0.6 is 0 Å². The van der Waals surface area contributed by atoms with Crippen molar-refractivity contribution in [3.05, 3.63) is 0 Å². The lowest BCUT2D eigenvalue weighted by atomic mass is 10.1. The van der Waals surface area contributed by atoms with E-state index < -0.39 is 12.0 Å². The predicted octanol–water partition coefficient (Wildman–Crippen LogP) is 1.66. The molecule has 1 unspecified atom stereocenters. The Morgan fingerprint density at radius 1 is 1.11 bits per heavy atom. The first-order chi connectivity index (χ1) is 8.57. The summed E-state index contributed by atoms with van der Waals surface area (Å²) in [5.41, 5.74) is 5.42. The molecule has 0 spiro atoms. The van der Waals surface area contributed by atoms with E-state index in [4.69, 9.17) is 10.8 Å². The summed E-state index contributed by atoms with van der Waals surface area (Å²) in [4.78, 5) is 21.7. The van der Waals surface area contributed by atoms with Gasteiger partial charge in [0.1, 0.15) is 0 Å². The third-order valence-corrected chi connectivity index (χ3v) is 2.81. The average Bonchev–Trinajstić information content (AvgIpc) is 2.31. The van der Waals surface area contributed by atoms with Crippen molar-refractivity contribution >= 4 is 11.9 Å². The molecular formula is C13H26N2O3. The Hall–Kier alpha value is -1.10. The van der Waals surface area contributed by atoms with Crippen LogP contribution in [0.15, 0.2) is 0 Å². The number of rotatable bonds is 11. The van der Waals surface area contributed by atoms with Gasteiger partial charge in [0.2, 0.25) is 5.91 Å². The van der Waals surface area contributed by atoms with Crippen molar-refractivity contribution in [3.63, 3.8) is 0 Å². The van der Waals surface area contributed by atoms with E-state index in [0.717, 1.165) is 12.8 Å². The van der Waals surface area contributed by atoms with Gasteiger partial charge in [-0.1, -0.05) is 45.4 Å². The number of aliphatic carboxylic acids is 1. The summed E-state index contributed by atoms with van der Waals surface area (Å²) >= 11 is 0. The third-order valence-electron chi connectivity index (χ3n) is 2.81. The molecule has 0 radical (unpaired) electrons. The van der Waals surface area contributed by atoms with E-state index in [1.54, 1.807) is 0 Å². The fourth-order valence-corrected chi connectivity index (χ4v) is 1.71. The van der Waals surface area contributed by atoms with E-state index in [2.05, 4.69) is 12.2 Å². The fourth-order valence-electron chi connectivity index (χ4n) is 1.71. The molecule has 0 aliphatic carbocycles. The van der Waals surface area contributed by atoms with Gasteiger partial charge in [-0.05, 0) is 6.42 Å². The molecule has 1 amide bonds. The van der Waals surface area contributed by atoms with Gasteiger partial charge in [0.25, 0.3) is 0 Å². The summed E-state index contributed by atoms with van der Waals surface area (Å²) in [6, 6.07) is -0.938. The number of hydrogen-bond acceptors (Lipinski definition) is 3. The highest BCUT2D eigenvalue weighted by atomic mass is 16.4. The number of unbranched alkanes of at least 4 members (excludes halogenated alkanes) is 6. The fraction of sp³-hybridized carbons (Fsp3) is 0.846. The summed E-state index contributed by atoms with van der Waals surface area (Å²) < 4.78 is 0. The maximum atomic E-state index is 11.4. The highest BCUT2D eigenvalue weighted by Gasteiger charge is 2.15. The van der Waals surface area contributed by atoms with Crippen LogP contribution in [0.3, 0.4) is 0 Å². The monoisotopic (exact) mass is 258 g/mol. The van der Waals surface area contributed by atoms with Gasteiger partial charge in [-0.15, -0.1) is 0 Å². The summed E-state index contributed by atoms with van der Waals surface area (Å²) in [5, 5.41) is 11.1. The van der Waals surface area contributed by atoms with Crippen molar-refractivity contribution < 1.29 is 14.7 Å². The first-order valence-corrected chi connectivity index (χ1v) is 6.83. The van der Waals surface area contributed by atoms with Crippen molar-refractivity contribution in [3.8, 4) is 0 Å². The number of carboxylic acid groups (broad SMARTS) is 1. The molecule has 0 saturated carbocycles. The quantitative estimate of drug-likeness (QED) is 0.491. The van der Waals surface area contributed by atoms with Crippen LogP contribution < -0.4 is 11.1 Å². The first-order valence-electron chi connectivity index (χ1n) is 6.83. The molecular weight excluding hydrogens is 232 g/mol. The molecule has 4 N–H and O–H groups in total. The Labute approximate surface area is 109 Å². The molecule has 0 bridgehead atoms. The molecule has 0 heterocycles. The van der Waals surface area contributed by atoms with Crippen LogP contribution in [-0.4, -0.2) is 29.6 Å². The second kappa shape index (κ2) is 11.0. The highest BCUT2D eigenvalue weighted by molar-refractivity contribution is 5.85. The number of nitrogens with two attached hydrogens (primary N) is 1. The summed E-state index contributed by atoms with van der Waals surface area (Å²) in [6.07, 6.45) is 7.97. The minimum Gasteiger partial charge on any atom is -0.481 e. The lowest BCUT2D eigenvalue weighted by Gasteiger charge is -2.09. The Kier molecular flexibility index (Phi) is 10.3. The van der Waals surface area contributed by atoms with Gasteiger partial charge in [-0.3, -0.25) is 9.59 Å². The molecule has 1 atom stereocenters. The van der Waals surface area contributed by atoms with Gasteiger partial charge in [0.15, 0.2) is 0 Å². The van der Waals surface area contributed by atoms with Crippen molar-refractivity contribution in [2.45, 2.75) is 64.3 Å². The molecule has 0 aromatic carbocycles. The number of carbonyl (C=O) groups is 2. The second-order valence-electron chi connectivity index (χ2n) is 4.62. The lowest BCUT2D eigenvalue weighted by Crippen LogP contribution is -2.42. The summed E-state index contributed by atoms with van der Waals surface area (Å²) in [5.74, 6) is -1.42. The average molecular weight is 258 g/mol.